The van der Waals surface area contributed by atoms with Gasteiger partial charge in [0.1, 0.15) is 12.6 Å². The molecular weight excluding hydrogens is 312 g/mol. The van der Waals surface area contributed by atoms with Crippen LogP contribution in [0, 0.1) is 5.92 Å². The molecule has 0 aromatic heterocycles. The molecule has 2 rings (SSSR count). The number of carbonyl (C=O) groups is 3. The molecule has 0 aliphatic carbocycles. The Morgan fingerprint density at radius 1 is 1.21 bits per heavy atom. The Bertz CT molecular complexity index is 576. The van der Waals surface area contributed by atoms with Gasteiger partial charge >= 0.3 is 12.1 Å². The molecule has 1 aliphatic heterocycles. The van der Waals surface area contributed by atoms with E-state index < -0.39 is 24.0 Å². The number of carbonyl (C=O) groups excluding carboxylic acids is 3. The van der Waals surface area contributed by atoms with Crippen molar-refractivity contribution in [2.24, 2.45) is 5.92 Å². The highest BCUT2D eigenvalue weighted by Crippen LogP contribution is 2.22. The summed E-state index contributed by atoms with van der Waals surface area (Å²) in [6, 6.07) is 8.75. The van der Waals surface area contributed by atoms with E-state index in [1.807, 2.05) is 30.3 Å². The van der Waals surface area contributed by atoms with Crippen molar-refractivity contribution >= 4 is 18.0 Å². The number of benzene rings is 1. The van der Waals surface area contributed by atoms with Crippen LogP contribution in [0.1, 0.15) is 25.3 Å². The summed E-state index contributed by atoms with van der Waals surface area (Å²) in [6.07, 6.45) is 0.609. The molecule has 2 N–H and O–H groups in total. The van der Waals surface area contributed by atoms with E-state index in [2.05, 4.69) is 10.6 Å². The molecule has 1 fully saturated rings. The highest BCUT2D eigenvalue weighted by Gasteiger charge is 2.44. The van der Waals surface area contributed by atoms with Crippen molar-refractivity contribution in [2.75, 3.05) is 13.2 Å². The molecule has 1 aliphatic rings. The van der Waals surface area contributed by atoms with Crippen LogP contribution in [0.5, 0.6) is 0 Å². The van der Waals surface area contributed by atoms with Gasteiger partial charge in [0.2, 0.25) is 5.91 Å². The maximum atomic E-state index is 12.1. The quantitative estimate of drug-likeness (QED) is 0.425. The van der Waals surface area contributed by atoms with Gasteiger partial charge in [0.05, 0.1) is 12.5 Å². The molecule has 1 heterocycles. The summed E-state index contributed by atoms with van der Waals surface area (Å²) in [5, 5.41) is 5.16. The molecule has 0 bridgehead atoms. The first kappa shape index (κ1) is 17.8. The van der Waals surface area contributed by atoms with Crippen LogP contribution < -0.4 is 10.6 Å². The van der Waals surface area contributed by atoms with Crippen LogP contribution in [0.15, 0.2) is 30.3 Å². The van der Waals surface area contributed by atoms with Gasteiger partial charge in [0, 0.05) is 6.54 Å². The summed E-state index contributed by atoms with van der Waals surface area (Å²) in [5.74, 6) is -0.994. The molecule has 24 heavy (non-hydrogen) atoms. The number of hydrogen-bond acceptors (Lipinski definition) is 5. The van der Waals surface area contributed by atoms with Gasteiger partial charge in [-0.05, 0) is 25.3 Å². The zero-order valence-corrected chi connectivity index (χ0v) is 13.6. The molecule has 2 unspecified atom stereocenters. The van der Waals surface area contributed by atoms with Crippen molar-refractivity contribution in [3.63, 3.8) is 0 Å². The van der Waals surface area contributed by atoms with Crippen molar-refractivity contribution in [2.45, 2.75) is 32.4 Å². The van der Waals surface area contributed by atoms with Crippen LogP contribution in [0.2, 0.25) is 0 Å². The molecule has 1 aromatic rings. The topological polar surface area (TPSA) is 93.7 Å². The van der Waals surface area contributed by atoms with E-state index in [0.717, 1.165) is 5.56 Å². The molecule has 1 saturated heterocycles. The fourth-order valence-corrected chi connectivity index (χ4v) is 2.45. The number of amides is 2. The van der Waals surface area contributed by atoms with Crippen molar-refractivity contribution in [3.8, 4) is 0 Å². The zero-order chi connectivity index (χ0) is 17.4. The minimum absolute atomic E-state index is 0.159. The second kappa shape index (κ2) is 8.90. The Hall–Kier alpha value is -2.57. The van der Waals surface area contributed by atoms with Crippen LogP contribution in [0.4, 0.5) is 4.79 Å². The maximum Gasteiger partial charge on any atom is 0.407 e. The Morgan fingerprint density at radius 2 is 1.96 bits per heavy atom. The van der Waals surface area contributed by atoms with E-state index >= 15 is 0 Å². The zero-order valence-electron chi connectivity index (χ0n) is 13.6. The van der Waals surface area contributed by atoms with Crippen LogP contribution in [-0.4, -0.2) is 37.2 Å². The van der Waals surface area contributed by atoms with Gasteiger partial charge in [-0.2, -0.15) is 0 Å². The average molecular weight is 334 g/mol. The number of nitrogens with one attached hydrogen (secondary N) is 2. The largest absolute Gasteiger partial charge is 0.459 e. The van der Waals surface area contributed by atoms with E-state index in [9.17, 15) is 14.4 Å². The molecule has 1 aromatic carbocycles. The van der Waals surface area contributed by atoms with Gasteiger partial charge in [0.25, 0.3) is 0 Å². The Labute approximate surface area is 140 Å². The predicted octanol–water partition coefficient (Wildman–Crippen LogP) is 1.37. The Balaban J connectivity index is 1.70. The lowest BCUT2D eigenvalue weighted by atomic mass is 9.86. The second-order valence-electron chi connectivity index (χ2n) is 5.48. The lowest BCUT2D eigenvalue weighted by molar-refractivity contribution is -0.159. The maximum absolute atomic E-state index is 12.1. The summed E-state index contributed by atoms with van der Waals surface area (Å²) in [6.45, 7) is 2.62. The summed E-state index contributed by atoms with van der Waals surface area (Å²) in [5.41, 5.74) is 0.895. The van der Waals surface area contributed by atoms with E-state index in [1.54, 1.807) is 6.92 Å². The van der Waals surface area contributed by atoms with Crippen molar-refractivity contribution < 1.29 is 23.9 Å². The fraction of sp³-hybridized carbons (Fsp3) is 0.471. The first-order valence-electron chi connectivity index (χ1n) is 8.03. The van der Waals surface area contributed by atoms with Crippen molar-refractivity contribution in [1.29, 1.82) is 0 Å². The van der Waals surface area contributed by atoms with Gasteiger partial charge in [0.15, 0.2) is 0 Å². The predicted molar refractivity (Wildman–Crippen MR) is 85.9 cm³/mol. The van der Waals surface area contributed by atoms with Gasteiger partial charge in [-0.25, -0.2) is 9.59 Å². The molecule has 0 radical (unpaired) electrons. The third-order valence-electron chi connectivity index (χ3n) is 3.75. The summed E-state index contributed by atoms with van der Waals surface area (Å²) >= 11 is 0. The molecule has 7 nitrogen and oxygen atoms in total. The minimum atomic E-state index is -0.608. The number of β-lactam (4-membered cyclic amide) rings is 1. The lowest BCUT2D eigenvalue weighted by Gasteiger charge is -2.34. The van der Waals surface area contributed by atoms with Gasteiger partial charge in [-0.15, -0.1) is 0 Å². The number of hydrogen-bond donors (Lipinski definition) is 2. The van der Waals surface area contributed by atoms with Gasteiger partial charge in [-0.3, -0.25) is 4.79 Å². The van der Waals surface area contributed by atoms with E-state index in [0.29, 0.717) is 26.0 Å². The fourth-order valence-electron chi connectivity index (χ4n) is 2.45. The molecule has 0 spiro atoms. The normalized spacial score (nSPS) is 19.0. The number of ether oxygens (including phenoxy) is 2. The smallest absolute Gasteiger partial charge is 0.407 e. The van der Waals surface area contributed by atoms with Gasteiger partial charge in [-0.1, -0.05) is 30.3 Å². The van der Waals surface area contributed by atoms with E-state index in [4.69, 9.17) is 9.47 Å². The molecule has 0 saturated carbocycles. The third-order valence-corrected chi connectivity index (χ3v) is 3.75. The standard InChI is InChI=1S/C17H22N2O5/c1-2-23-17(22)18-10-6-9-13-14(19-15(13)20)16(21)24-11-12-7-4-3-5-8-12/h3-5,7-8,13-14H,2,6,9-11H2,1H3,(H,18,22)(H,19,20). The Morgan fingerprint density at radius 3 is 2.62 bits per heavy atom. The van der Waals surface area contributed by atoms with Crippen LogP contribution in [0.3, 0.4) is 0 Å². The first-order valence-corrected chi connectivity index (χ1v) is 8.03. The third kappa shape index (κ3) is 4.97. The van der Waals surface area contributed by atoms with Crippen molar-refractivity contribution in [1.82, 2.24) is 10.6 Å². The van der Waals surface area contributed by atoms with Crippen molar-refractivity contribution in [3.05, 3.63) is 35.9 Å². The summed E-state index contributed by atoms with van der Waals surface area (Å²) in [7, 11) is 0. The minimum Gasteiger partial charge on any atom is -0.459 e. The number of alkyl carbamates (subject to hydrolysis) is 1. The van der Waals surface area contributed by atoms with Crippen LogP contribution in [-0.2, 0) is 25.7 Å². The highest BCUT2D eigenvalue weighted by atomic mass is 16.5. The molecular formula is C17H22N2O5. The van der Waals surface area contributed by atoms with Gasteiger partial charge < -0.3 is 20.1 Å². The highest BCUT2D eigenvalue weighted by molar-refractivity contribution is 5.97. The molecule has 130 valence electrons. The monoisotopic (exact) mass is 334 g/mol. The van der Waals surface area contributed by atoms with Crippen LogP contribution >= 0.6 is 0 Å². The molecule has 2 amide bonds. The summed E-state index contributed by atoms with van der Waals surface area (Å²) < 4.78 is 9.98. The van der Waals surface area contributed by atoms with E-state index in [1.165, 1.54) is 0 Å². The SMILES string of the molecule is CCOC(=O)NCCCC1C(=O)NC1C(=O)OCc1ccccc1. The average Bonchev–Trinajstić information content (AvgIpc) is 2.58. The Kier molecular flexibility index (Phi) is 6.60. The first-order chi connectivity index (χ1) is 11.6. The second-order valence-corrected chi connectivity index (χ2v) is 5.48. The molecule has 2 atom stereocenters. The lowest BCUT2D eigenvalue weighted by Crippen LogP contribution is -2.62. The van der Waals surface area contributed by atoms with Crippen LogP contribution in [0.25, 0.3) is 0 Å². The van der Waals surface area contributed by atoms with E-state index in [-0.39, 0.29) is 12.5 Å². The molecule has 7 heteroatoms. The summed E-state index contributed by atoms with van der Waals surface area (Å²) in [4.78, 5) is 34.8. The number of esters is 1. The number of rotatable bonds is 8.